The Labute approximate surface area is 102 Å². The molecule has 0 aliphatic carbocycles. The highest BCUT2D eigenvalue weighted by molar-refractivity contribution is 7.18. The summed E-state index contributed by atoms with van der Waals surface area (Å²) in [5.74, 6) is -2.49. The lowest BCUT2D eigenvalue weighted by Gasteiger charge is -1.99. The van der Waals surface area contributed by atoms with Crippen molar-refractivity contribution in [2.45, 2.75) is 0 Å². The second kappa shape index (κ2) is 4.30. The highest BCUT2D eigenvalue weighted by Crippen LogP contribution is 2.34. The molecule has 0 spiro atoms. The first-order chi connectivity index (χ1) is 7.99. The number of rotatable bonds is 2. The van der Waals surface area contributed by atoms with Crippen molar-refractivity contribution >= 4 is 28.6 Å². The van der Waals surface area contributed by atoms with Crippen LogP contribution >= 0.6 is 22.9 Å². The summed E-state index contributed by atoms with van der Waals surface area (Å²) in [7, 11) is 0. The predicted octanol–water partition coefficient (Wildman–Crippen LogP) is 3.04. The van der Waals surface area contributed by atoms with E-state index < -0.39 is 22.2 Å². The van der Waals surface area contributed by atoms with E-state index in [1.165, 1.54) is 0 Å². The number of hydrogen-bond donors (Lipinski definition) is 0. The molecule has 0 radical (unpaired) electrons. The molecule has 0 aliphatic rings. The largest absolute Gasteiger partial charge is 0.282 e. The number of aromatic nitrogens is 2. The Balaban J connectivity index is 2.67. The summed E-state index contributed by atoms with van der Waals surface area (Å²) in [5.41, 5.74) is -0.741. The number of benzene rings is 1. The number of nitro groups is 1. The minimum Gasteiger partial charge on any atom is -0.258 e. The van der Waals surface area contributed by atoms with Crippen molar-refractivity contribution in [3.8, 4) is 10.6 Å². The van der Waals surface area contributed by atoms with Gasteiger partial charge in [-0.3, -0.25) is 10.1 Å². The van der Waals surface area contributed by atoms with Crippen molar-refractivity contribution in [1.29, 1.82) is 0 Å². The van der Waals surface area contributed by atoms with Crippen LogP contribution in [0.4, 0.5) is 14.5 Å². The number of nitro benzene ring substituents is 1. The van der Waals surface area contributed by atoms with Crippen LogP contribution in [0, 0.1) is 21.7 Å². The molecule has 0 aliphatic heterocycles. The van der Waals surface area contributed by atoms with Gasteiger partial charge in [0.05, 0.1) is 16.6 Å². The van der Waals surface area contributed by atoms with E-state index in [0.717, 1.165) is 11.3 Å². The topological polar surface area (TPSA) is 68.9 Å². The maximum atomic E-state index is 13.0. The van der Waals surface area contributed by atoms with Gasteiger partial charge in [-0.25, -0.2) is 8.78 Å². The van der Waals surface area contributed by atoms with Crippen LogP contribution in [0.3, 0.4) is 0 Å². The van der Waals surface area contributed by atoms with Gasteiger partial charge in [0.1, 0.15) is 0 Å². The summed E-state index contributed by atoms with van der Waals surface area (Å²) in [4.78, 5) is 9.88. The Morgan fingerprint density at radius 3 is 2.47 bits per heavy atom. The Morgan fingerprint density at radius 2 is 1.94 bits per heavy atom. The SMILES string of the molecule is O=[N+]([O-])c1cc(F)c(F)cc1-c1nnc(Cl)s1. The molecule has 0 saturated heterocycles. The van der Waals surface area contributed by atoms with Gasteiger partial charge in [0.25, 0.3) is 5.69 Å². The Bertz CT molecular complexity index is 604. The predicted molar refractivity (Wildman–Crippen MR) is 56.9 cm³/mol. The molecular formula is C8H2ClF2N3O2S. The van der Waals surface area contributed by atoms with E-state index in [0.29, 0.717) is 12.1 Å². The summed E-state index contributed by atoms with van der Waals surface area (Å²) in [6.07, 6.45) is 0. The minimum absolute atomic E-state index is 0.0547. The third-order valence-electron chi connectivity index (χ3n) is 1.87. The minimum atomic E-state index is -1.30. The highest BCUT2D eigenvalue weighted by Gasteiger charge is 2.22. The molecule has 5 nitrogen and oxygen atoms in total. The normalized spacial score (nSPS) is 10.5. The lowest BCUT2D eigenvalue weighted by molar-refractivity contribution is -0.384. The highest BCUT2D eigenvalue weighted by atomic mass is 35.5. The molecule has 1 aromatic heterocycles. The maximum absolute atomic E-state index is 13.0. The van der Waals surface area contributed by atoms with Gasteiger partial charge >= 0.3 is 0 Å². The van der Waals surface area contributed by atoms with E-state index in [1.54, 1.807) is 0 Å². The summed E-state index contributed by atoms with van der Waals surface area (Å²) in [6, 6.07) is 1.20. The molecule has 2 rings (SSSR count). The van der Waals surface area contributed by atoms with E-state index in [-0.39, 0.29) is 15.0 Å². The molecule has 1 heterocycles. The smallest absolute Gasteiger partial charge is 0.258 e. The molecule has 0 fully saturated rings. The molecule has 0 bridgehead atoms. The second-order valence-electron chi connectivity index (χ2n) is 2.90. The number of hydrogen-bond acceptors (Lipinski definition) is 5. The zero-order valence-corrected chi connectivity index (χ0v) is 9.43. The Hall–Kier alpha value is -1.67. The van der Waals surface area contributed by atoms with E-state index in [2.05, 4.69) is 10.2 Å². The van der Waals surface area contributed by atoms with E-state index in [1.807, 2.05) is 0 Å². The van der Waals surface area contributed by atoms with Gasteiger partial charge < -0.3 is 0 Å². The van der Waals surface area contributed by atoms with Crippen LogP contribution in [0.5, 0.6) is 0 Å². The molecule has 0 N–H and O–H groups in total. The van der Waals surface area contributed by atoms with Crippen molar-refractivity contribution in [3.63, 3.8) is 0 Å². The van der Waals surface area contributed by atoms with Crippen LogP contribution in [0.15, 0.2) is 12.1 Å². The fraction of sp³-hybridized carbons (Fsp3) is 0. The molecule has 2 aromatic rings. The van der Waals surface area contributed by atoms with Gasteiger partial charge in [-0.2, -0.15) is 0 Å². The van der Waals surface area contributed by atoms with Crippen LogP contribution in [-0.2, 0) is 0 Å². The van der Waals surface area contributed by atoms with Crippen LogP contribution in [0.2, 0.25) is 4.47 Å². The molecule has 0 amide bonds. The molecule has 0 saturated carbocycles. The summed E-state index contributed by atoms with van der Waals surface area (Å²) < 4.78 is 26.0. The van der Waals surface area contributed by atoms with Crippen molar-refractivity contribution in [2.24, 2.45) is 0 Å². The van der Waals surface area contributed by atoms with Crippen LogP contribution in [0.25, 0.3) is 10.6 Å². The first-order valence-electron chi connectivity index (χ1n) is 4.12. The molecule has 0 atom stereocenters. The lowest BCUT2D eigenvalue weighted by atomic mass is 10.2. The van der Waals surface area contributed by atoms with Gasteiger partial charge in [0.2, 0.25) is 4.47 Å². The molecule has 0 unspecified atom stereocenters. The van der Waals surface area contributed by atoms with Crippen LogP contribution in [-0.4, -0.2) is 15.1 Å². The zero-order chi connectivity index (χ0) is 12.6. The molecule has 1 aromatic carbocycles. The van der Waals surface area contributed by atoms with E-state index >= 15 is 0 Å². The average molecular weight is 278 g/mol. The number of nitrogens with zero attached hydrogens (tertiary/aromatic N) is 3. The van der Waals surface area contributed by atoms with Crippen molar-refractivity contribution in [3.05, 3.63) is 38.3 Å². The monoisotopic (exact) mass is 277 g/mol. The van der Waals surface area contributed by atoms with Gasteiger partial charge in [-0.05, 0) is 17.7 Å². The molecule has 88 valence electrons. The van der Waals surface area contributed by atoms with Gasteiger partial charge in [-0.15, -0.1) is 10.2 Å². The standard InChI is InChI=1S/C8H2ClF2N3O2S/c9-8-13-12-7(17-8)3-1-4(10)5(11)2-6(3)14(15)16/h1-2H. The second-order valence-corrected chi connectivity index (χ2v) is 4.46. The van der Waals surface area contributed by atoms with Crippen LogP contribution in [0.1, 0.15) is 0 Å². The molecular weight excluding hydrogens is 276 g/mol. The third kappa shape index (κ3) is 2.22. The first kappa shape index (κ1) is 11.8. The Kier molecular flexibility index (Phi) is 2.99. The maximum Gasteiger partial charge on any atom is 0.282 e. The van der Waals surface area contributed by atoms with E-state index in [9.17, 15) is 18.9 Å². The van der Waals surface area contributed by atoms with Crippen molar-refractivity contribution in [1.82, 2.24) is 10.2 Å². The first-order valence-corrected chi connectivity index (χ1v) is 5.31. The van der Waals surface area contributed by atoms with E-state index in [4.69, 9.17) is 11.6 Å². The van der Waals surface area contributed by atoms with Crippen LogP contribution < -0.4 is 0 Å². The summed E-state index contributed by atoms with van der Waals surface area (Å²) in [5, 5.41) is 17.7. The van der Waals surface area contributed by atoms with Crippen molar-refractivity contribution < 1.29 is 13.7 Å². The summed E-state index contributed by atoms with van der Waals surface area (Å²) in [6.45, 7) is 0. The van der Waals surface area contributed by atoms with Gasteiger partial charge in [0, 0.05) is 0 Å². The van der Waals surface area contributed by atoms with Gasteiger partial charge in [-0.1, -0.05) is 11.3 Å². The number of halogens is 3. The summed E-state index contributed by atoms with van der Waals surface area (Å²) >= 11 is 6.36. The zero-order valence-electron chi connectivity index (χ0n) is 7.85. The lowest BCUT2D eigenvalue weighted by Crippen LogP contribution is -1.95. The molecule has 9 heteroatoms. The van der Waals surface area contributed by atoms with Crippen molar-refractivity contribution in [2.75, 3.05) is 0 Å². The average Bonchev–Trinajstić information content (AvgIpc) is 2.68. The fourth-order valence-corrected chi connectivity index (χ4v) is 2.03. The van der Waals surface area contributed by atoms with Gasteiger partial charge in [0.15, 0.2) is 16.6 Å². The Morgan fingerprint density at radius 1 is 1.29 bits per heavy atom. The fourth-order valence-electron chi connectivity index (χ4n) is 1.17. The quantitative estimate of drug-likeness (QED) is 0.625. The third-order valence-corrected chi connectivity index (χ3v) is 2.92. The molecule has 17 heavy (non-hydrogen) atoms.